The fraction of sp³-hybridized carbons (Fsp3) is 0.385. The van der Waals surface area contributed by atoms with Crippen LogP contribution in [0.2, 0.25) is 0 Å². The van der Waals surface area contributed by atoms with E-state index in [1.165, 1.54) is 16.2 Å². The second-order valence-corrected chi connectivity index (χ2v) is 5.85. The van der Waals surface area contributed by atoms with E-state index in [-0.39, 0.29) is 5.97 Å². The van der Waals surface area contributed by atoms with Crippen molar-refractivity contribution in [3.05, 3.63) is 28.1 Å². The first-order chi connectivity index (χ1) is 9.26. The van der Waals surface area contributed by atoms with E-state index in [9.17, 15) is 4.79 Å². The van der Waals surface area contributed by atoms with Crippen LogP contribution in [0.4, 0.5) is 0 Å². The van der Waals surface area contributed by atoms with Crippen molar-refractivity contribution in [2.24, 2.45) is 0 Å². The zero-order valence-electron chi connectivity index (χ0n) is 10.6. The van der Waals surface area contributed by atoms with Gasteiger partial charge in [-0.15, -0.1) is 11.3 Å². The SMILES string of the molecule is CCOC(=O)c1cc(-c2cc[nH]n2)c(CCCBr)s1. The summed E-state index contributed by atoms with van der Waals surface area (Å²) < 4.78 is 5.05. The van der Waals surface area contributed by atoms with Gasteiger partial charge in [-0.05, 0) is 31.9 Å². The van der Waals surface area contributed by atoms with Crippen molar-refractivity contribution in [2.75, 3.05) is 11.9 Å². The molecule has 0 aliphatic rings. The van der Waals surface area contributed by atoms with Crippen molar-refractivity contribution >= 4 is 33.2 Å². The number of aromatic nitrogens is 2. The van der Waals surface area contributed by atoms with Crippen LogP contribution in [0.1, 0.15) is 27.9 Å². The van der Waals surface area contributed by atoms with Gasteiger partial charge in [-0.3, -0.25) is 5.10 Å². The van der Waals surface area contributed by atoms with Gasteiger partial charge in [-0.25, -0.2) is 4.79 Å². The summed E-state index contributed by atoms with van der Waals surface area (Å²) in [6.45, 7) is 2.21. The summed E-state index contributed by atoms with van der Waals surface area (Å²) in [5.74, 6) is -0.255. The number of aryl methyl sites for hydroxylation is 1. The van der Waals surface area contributed by atoms with Gasteiger partial charge in [0.15, 0.2) is 0 Å². The molecular formula is C13H15BrN2O2S. The molecule has 0 atom stereocenters. The molecule has 2 aromatic heterocycles. The van der Waals surface area contributed by atoms with Crippen molar-refractivity contribution in [3.8, 4) is 11.3 Å². The molecule has 19 heavy (non-hydrogen) atoms. The number of aromatic amines is 1. The molecule has 0 saturated heterocycles. The van der Waals surface area contributed by atoms with Crippen LogP contribution < -0.4 is 0 Å². The smallest absolute Gasteiger partial charge is 0.348 e. The number of hydrogen-bond donors (Lipinski definition) is 1. The molecule has 0 spiro atoms. The van der Waals surface area contributed by atoms with Crippen molar-refractivity contribution < 1.29 is 9.53 Å². The Morgan fingerprint density at radius 2 is 2.42 bits per heavy atom. The third-order valence-corrected chi connectivity index (χ3v) is 4.34. The number of carbonyl (C=O) groups excluding carboxylic acids is 1. The van der Waals surface area contributed by atoms with E-state index in [4.69, 9.17) is 4.74 Å². The number of esters is 1. The number of carbonyl (C=O) groups is 1. The summed E-state index contributed by atoms with van der Waals surface area (Å²) in [5.41, 5.74) is 1.90. The summed E-state index contributed by atoms with van der Waals surface area (Å²) in [7, 11) is 0. The number of nitrogens with zero attached hydrogens (tertiary/aromatic N) is 1. The zero-order valence-corrected chi connectivity index (χ0v) is 13.0. The highest BCUT2D eigenvalue weighted by atomic mass is 79.9. The van der Waals surface area contributed by atoms with Gasteiger partial charge in [0.1, 0.15) is 4.88 Å². The van der Waals surface area contributed by atoms with E-state index in [1.54, 1.807) is 6.20 Å². The third kappa shape index (κ3) is 3.45. The number of alkyl halides is 1. The van der Waals surface area contributed by atoms with Gasteiger partial charge >= 0.3 is 5.97 Å². The molecule has 0 bridgehead atoms. The number of ether oxygens (including phenoxy) is 1. The monoisotopic (exact) mass is 342 g/mol. The maximum Gasteiger partial charge on any atom is 0.348 e. The molecule has 1 N–H and O–H groups in total. The minimum atomic E-state index is -0.255. The Kier molecular flexibility index (Phi) is 5.15. The third-order valence-electron chi connectivity index (χ3n) is 2.60. The second-order valence-electron chi connectivity index (χ2n) is 3.92. The van der Waals surface area contributed by atoms with E-state index >= 15 is 0 Å². The zero-order chi connectivity index (χ0) is 13.7. The van der Waals surface area contributed by atoms with Crippen LogP contribution >= 0.6 is 27.3 Å². The van der Waals surface area contributed by atoms with Crippen LogP contribution in [-0.2, 0) is 11.2 Å². The number of thiophene rings is 1. The van der Waals surface area contributed by atoms with Crippen molar-refractivity contribution in [3.63, 3.8) is 0 Å². The summed E-state index contributed by atoms with van der Waals surface area (Å²) in [5, 5.41) is 7.94. The minimum absolute atomic E-state index is 0.255. The standard InChI is InChI=1S/C13H15BrN2O2S/c1-2-18-13(17)12-8-9(10-5-7-15-16-10)11(19-12)4-3-6-14/h5,7-8H,2-4,6H2,1H3,(H,15,16). The Hall–Kier alpha value is -1.14. The maximum absolute atomic E-state index is 11.8. The lowest BCUT2D eigenvalue weighted by atomic mass is 10.1. The molecule has 0 unspecified atom stereocenters. The quantitative estimate of drug-likeness (QED) is 0.644. The first-order valence-corrected chi connectivity index (χ1v) is 8.06. The molecule has 2 heterocycles. The molecule has 0 radical (unpaired) electrons. The predicted molar refractivity (Wildman–Crippen MR) is 80.0 cm³/mol. The Labute approximate surface area is 124 Å². The number of nitrogens with one attached hydrogen (secondary N) is 1. The van der Waals surface area contributed by atoms with Crippen molar-refractivity contribution in [1.29, 1.82) is 0 Å². The second kappa shape index (κ2) is 6.86. The molecule has 0 aliphatic carbocycles. The molecule has 0 aromatic carbocycles. The number of halogens is 1. The van der Waals surface area contributed by atoms with E-state index < -0.39 is 0 Å². The largest absolute Gasteiger partial charge is 0.462 e. The molecular weight excluding hydrogens is 328 g/mol. The summed E-state index contributed by atoms with van der Waals surface area (Å²) in [4.78, 5) is 13.6. The van der Waals surface area contributed by atoms with Gasteiger partial charge in [0, 0.05) is 22.0 Å². The average molecular weight is 343 g/mol. The summed E-state index contributed by atoms with van der Waals surface area (Å²) in [6.07, 6.45) is 3.74. The molecule has 2 aromatic rings. The lowest BCUT2D eigenvalue weighted by Gasteiger charge is -1.98. The van der Waals surface area contributed by atoms with Gasteiger partial charge in [0.25, 0.3) is 0 Å². The van der Waals surface area contributed by atoms with Gasteiger partial charge in [0.05, 0.1) is 12.3 Å². The fourth-order valence-corrected chi connectivity index (χ4v) is 3.16. The van der Waals surface area contributed by atoms with Crippen LogP contribution in [0, 0.1) is 0 Å². The van der Waals surface area contributed by atoms with Gasteiger partial charge < -0.3 is 4.74 Å². The Morgan fingerprint density at radius 1 is 1.58 bits per heavy atom. The molecule has 6 heteroatoms. The first-order valence-electron chi connectivity index (χ1n) is 6.12. The molecule has 2 rings (SSSR count). The van der Waals surface area contributed by atoms with E-state index in [0.717, 1.165) is 29.4 Å². The molecule has 0 saturated carbocycles. The predicted octanol–water partition coefficient (Wildman–Crippen LogP) is 3.64. The number of H-pyrrole nitrogens is 1. The van der Waals surface area contributed by atoms with Gasteiger partial charge in [-0.1, -0.05) is 15.9 Å². The summed E-state index contributed by atoms with van der Waals surface area (Å²) in [6, 6.07) is 3.79. The van der Waals surface area contributed by atoms with Crippen molar-refractivity contribution in [1.82, 2.24) is 10.2 Å². The topological polar surface area (TPSA) is 55.0 Å². The Bertz CT molecular complexity index is 537. The highest BCUT2D eigenvalue weighted by Crippen LogP contribution is 2.32. The van der Waals surface area contributed by atoms with E-state index in [0.29, 0.717) is 11.5 Å². The lowest BCUT2D eigenvalue weighted by molar-refractivity contribution is 0.0532. The van der Waals surface area contributed by atoms with Crippen molar-refractivity contribution in [2.45, 2.75) is 19.8 Å². The highest BCUT2D eigenvalue weighted by Gasteiger charge is 2.17. The Morgan fingerprint density at radius 3 is 3.05 bits per heavy atom. The maximum atomic E-state index is 11.8. The fourth-order valence-electron chi connectivity index (χ4n) is 1.77. The lowest BCUT2D eigenvalue weighted by Crippen LogP contribution is -2.01. The molecule has 0 amide bonds. The minimum Gasteiger partial charge on any atom is -0.462 e. The van der Waals surface area contributed by atoms with Crippen LogP contribution in [0.25, 0.3) is 11.3 Å². The van der Waals surface area contributed by atoms with E-state index in [2.05, 4.69) is 26.1 Å². The van der Waals surface area contributed by atoms with Crippen LogP contribution in [0.3, 0.4) is 0 Å². The molecule has 0 fully saturated rings. The van der Waals surface area contributed by atoms with Gasteiger partial charge in [0.2, 0.25) is 0 Å². The number of rotatable bonds is 6. The molecule has 4 nitrogen and oxygen atoms in total. The molecule has 0 aliphatic heterocycles. The Balaban J connectivity index is 2.31. The average Bonchev–Trinajstić information content (AvgIpc) is 3.05. The first kappa shape index (κ1) is 14.3. The van der Waals surface area contributed by atoms with Crippen LogP contribution in [0.15, 0.2) is 18.3 Å². The molecule has 102 valence electrons. The van der Waals surface area contributed by atoms with E-state index in [1.807, 2.05) is 19.1 Å². The van der Waals surface area contributed by atoms with Crippen LogP contribution in [-0.4, -0.2) is 28.1 Å². The highest BCUT2D eigenvalue weighted by molar-refractivity contribution is 9.09. The van der Waals surface area contributed by atoms with Gasteiger partial charge in [-0.2, -0.15) is 5.10 Å². The number of hydrogen-bond acceptors (Lipinski definition) is 4. The normalized spacial score (nSPS) is 10.6. The summed E-state index contributed by atoms with van der Waals surface area (Å²) >= 11 is 4.93. The van der Waals surface area contributed by atoms with Crippen LogP contribution in [0.5, 0.6) is 0 Å².